The monoisotopic (exact) mass is 266 g/mol. The van der Waals surface area contributed by atoms with Gasteiger partial charge in [-0.25, -0.2) is 0 Å². The van der Waals surface area contributed by atoms with Crippen molar-refractivity contribution in [2.75, 3.05) is 0 Å². The molecule has 0 aromatic heterocycles. The van der Waals surface area contributed by atoms with E-state index in [2.05, 4.69) is 13.8 Å². The summed E-state index contributed by atoms with van der Waals surface area (Å²) in [6.07, 6.45) is 6.48. The highest BCUT2D eigenvalue weighted by Crippen LogP contribution is 2.55. The molecule has 1 aliphatic heterocycles. The molecule has 3 aliphatic rings. The number of epoxide rings is 1. The Bertz CT molecular complexity index is 380. The Balaban J connectivity index is 1.86. The molecule has 108 valence electrons. The summed E-state index contributed by atoms with van der Waals surface area (Å²) in [5.74, 6) is 1.17. The van der Waals surface area contributed by atoms with Gasteiger partial charge in [-0.2, -0.15) is 0 Å². The standard InChI is InChI=1S/C16H26O3/c1-9-7-13-14(19-13)8-11(9)12-6-4-5-10(2)16(12,3)15(17)18/h9-14H,4-8H2,1-3H3,(H,17,18). The van der Waals surface area contributed by atoms with Crippen molar-refractivity contribution in [2.24, 2.45) is 29.1 Å². The fraction of sp³-hybridized carbons (Fsp3) is 0.938. The Hall–Kier alpha value is -0.570. The molecule has 0 aromatic rings. The van der Waals surface area contributed by atoms with Gasteiger partial charge in [-0.1, -0.05) is 20.3 Å². The molecule has 7 atom stereocenters. The highest BCUT2D eigenvalue weighted by Gasteiger charge is 2.56. The molecule has 1 heterocycles. The molecular formula is C16H26O3. The Labute approximate surface area is 115 Å². The van der Waals surface area contributed by atoms with Gasteiger partial charge in [0.05, 0.1) is 17.6 Å². The van der Waals surface area contributed by atoms with Crippen LogP contribution < -0.4 is 0 Å². The van der Waals surface area contributed by atoms with Crippen LogP contribution in [0.2, 0.25) is 0 Å². The molecule has 3 fully saturated rings. The van der Waals surface area contributed by atoms with Gasteiger partial charge in [0.2, 0.25) is 0 Å². The maximum atomic E-state index is 11.9. The van der Waals surface area contributed by atoms with E-state index in [4.69, 9.17) is 4.74 Å². The first-order chi connectivity index (χ1) is 8.94. The number of ether oxygens (including phenoxy) is 1. The summed E-state index contributed by atoms with van der Waals surface area (Å²) in [4.78, 5) is 11.9. The summed E-state index contributed by atoms with van der Waals surface area (Å²) in [6, 6.07) is 0. The maximum Gasteiger partial charge on any atom is 0.309 e. The lowest BCUT2D eigenvalue weighted by molar-refractivity contribution is -0.161. The highest BCUT2D eigenvalue weighted by molar-refractivity contribution is 5.75. The van der Waals surface area contributed by atoms with Gasteiger partial charge < -0.3 is 9.84 Å². The third-order valence-corrected chi connectivity index (χ3v) is 6.45. The SMILES string of the molecule is CC1CC2OC2CC1C1CCCC(C)C1(C)C(=O)O. The number of rotatable bonds is 2. The molecule has 19 heavy (non-hydrogen) atoms. The Morgan fingerprint density at radius 1 is 1.21 bits per heavy atom. The number of carboxylic acid groups (broad SMARTS) is 1. The second-order valence-corrected chi connectivity index (χ2v) is 7.35. The molecule has 3 heteroatoms. The third-order valence-electron chi connectivity index (χ3n) is 6.45. The van der Waals surface area contributed by atoms with E-state index in [0.29, 0.717) is 30.0 Å². The molecule has 3 nitrogen and oxygen atoms in total. The van der Waals surface area contributed by atoms with Gasteiger partial charge in [0, 0.05) is 0 Å². The molecular weight excluding hydrogens is 240 g/mol. The van der Waals surface area contributed by atoms with Gasteiger partial charge in [0.25, 0.3) is 0 Å². The molecule has 0 bridgehead atoms. The lowest BCUT2D eigenvalue weighted by atomic mass is 9.54. The lowest BCUT2D eigenvalue weighted by Gasteiger charge is -2.48. The van der Waals surface area contributed by atoms with Crippen molar-refractivity contribution in [3.8, 4) is 0 Å². The molecule has 0 spiro atoms. The van der Waals surface area contributed by atoms with Crippen LogP contribution in [0.5, 0.6) is 0 Å². The van der Waals surface area contributed by atoms with Crippen LogP contribution in [0.3, 0.4) is 0 Å². The van der Waals surface area contributed by atoms with Crippen LogP contribution in [-0.4, -0.2) is 23.3 Å². The van der Waals surface area contributed by atoms with Crippen LogP contribution in [0.4, 0.5) is 0 Å². The first kappa shape index (κ1) is 13.4. The summed E-state index contributed by atoms with van der Waals surface area (Å²) in [7, 11) is 0. The highest BCUT2D eigenvalue weighted by atomic mass is 16.6. The number of aliphatic carboxylic acids is 1. The number of hydrogen-bond donors (Lipinski definition) is 1. The quantitative estimate of drug-likeness (QED) is 0.780. The molecule has 0 radical (unpaired) electrons. The summed E-state index contributed by atoms with van der Waals surface area (Å²) < 4.78 is 5.68. The van der Waals surface area contributed by atoms with E-state index >= 15 is 0 Å². The van der Waals surface area contributed by atoms with Gasteiger partial charge in [-0.05, 0) is 56.3 Å². The minimum atomic E-state index is -0.587. The van der Waals surface area contributed by atoms with Crippen LogP contribution in [-0.2, 0) is 9.53 Å². The summed E-state index contributed by atoms with van der Waals surface area (Å²) >= 11 is 0. The fourth-order valence-electron chi connectivity index (χ4n) is 4.83. The Kier molecular flexibility index (Phi) is 3.16. The predicted molar refractivity (Wildman–Crippen MR) is 72.8 cm³/mol. The predicted octanol–water partition coefficient (Wildman–Crippen LogP) is 3.33. The molecule has 1 N–H and O–H groups in total. The van der Waals surface area contributed by atoms with E-state index in [0.717, 1.165) is 25.7 Å². The van der Waals surface area contributed by atoms with Crippen LogP contribution in [0.1, 0.15) is 52.9 Å². The molecule has 7 unspecified atom stereocenters. The van der Waals surface area contributed by atoms with Crippen molar-refractivity contribution >= 4 is 5.97 Å². The number of hydrogen-bond acceptors (Lipinski definition) is 2. The minimum Gasteiger partial charge on any atom is -0.481 e. The third kappa shape index (κ3) is 2.01. The summed E-state index contributed by atoms with van der Waals surface area (Å²) in [5.41, 5.74) is -0.543. The van der Waals surface area contributed by atoms with E-state index in [1.165, 1.54) is 6.42 Å². The molecule has 3 rings (SSSR count). The molecule has 2 aliphatic carbocycles. The first-order valence-corrected chi connectivity index (χ1v) is 7.83. The zero-order valence-corrected chi connectivity index (χ0v) is 12.3. The summed E-state index contributed by atoms with van der Waals surface area (Å²) in [5, 5.41) is 9.80. The summed E-state index contributed by atoms with van der Waals surface area (Å²) in [6.45, 7) is 6.42. The van der Waals surface area contributed by atoms with E-state index < -0.39 is 11.4 Å². The van der Waals surface area contributed by atoms with Gasteiger partial charge in [0.15, 0.2) is 0 Å². The Morgan fingerprint density at radius 2 is 1.89 bits per heavy atom. The second-order valence-electron chi connectivity index (χ2n) is 7.35. The van der Waals surface area contributed by atoms with Crippen molar-refractivity contribution in [3.63, 3.8) is 0 Å². The molecule has 0 amide bonds. The lowest BCUT2D eigenvalue weighted by Crippen LogP contribution is -2.49. The van der Waals surface area contributed by atoms with Gasteiger partial charge in [-0.3, -0.25) is 4.79 Å². The maximum absolute atomic E-state index is 11.9. The van der Waals surface area contributed by atoms with Crippen molar-refractivity contribution in [3.05, 3.63) is 0 Å². The van der Waals surface area contributed by atoms with E-state index in [9.17, 15) is 9.90 Å². The zero-order valence-electron chi connectivity index (χ0n) is 12.3. The molecule has 1 saturated heterocycles. The van der Waals surface area contributed by atoms with Gasteiger partial charge >= 0.3 is 5.97 Å². The largest absolute Gasteiger partial charge is 0.481 e. The molecule has 2 saturated carbocycles. The van der Waals surface area contributed by atoms with E-state index in [-0.39, 0.29) is 5.92 Å². The average Bonchev–Trinajstić information content (AvgIpc) is 3.09. The van der Waals surface area contributed by atoms with Crippen molar-refractivity contribution in [1.82, 2.24) is 0 Å². The first-order valence-electron chi connectivity index (χ1n) is 7.83. The number of carboxylic acids is 1. The smallest absolute Gasteiger partial charge is 0.309 e. The number of carbonyl (C=O) groups is 1. The number of fused-ring (bicyclic) bond motifs is 1. The average molecular weight is 266 g/mol. The fourth-order valence-corrected chi connectivity index (χ4v) is 4.83. The van der Waals surface area contributed by atoms with Crippen molar-refractivity contribution in [2.45, 2.75) is 65.1 Å². The van der Waals surface area contributed by atoms with E-state index in [1.54, 1.807) is 0 Å². The normalized spacial score (nSPS) is 53.4. The van der Waals surface area contributed by atoms with Crippen molar-refractivity contribution in [1.29, 1.82) is 0 Å². The second kappa shape index (κ2) is 4.47. The van der Waals surface area contributed by atoms with Crippen LogP contribution in [0, 0.1) is 29.1 Å². The zero-order chi connectivity index (χ0) is 13.8. The Morgan fingerprint density at radius 3 is 2.58 bits per heavy atom. The minimum absolute atomic E-state index is 0.286. The van der Waals surface area contributed by atoms with Gasteiger partial charge in [-0.15, -0.1) is 0 Å². The molecule has 0 aromatic carbocycles. The van der Waals surface area contributed by atoms with Crippen LogP contribution in [0.25, 0.3) is 0 Å². The van der Waals surface area contributed by atoms with Crippen LogP contribution >= 0.6 is 0 Å². The topological polar surface area (TPSA) is 49.8 Å². The van der Waals surface area contributed by atoms with E-state index in [1.807, 2.05) is 6.92 Å². The van der Waals surface area contributed by atoms with Crippen LogP contribution in [0.15, 0.2) is 0 Å². The van der Waals surface area contributed by atoms with Crippen molar-refractivity contribution < 1.29 is 14.6 Å². The van der Waals surface area contributed by atoms with Gasteiger partial charge in [0.1, 0.15) is 0 Å².